The van der Waals surface area contributed by atoms with Gasteiger partial charge < -0.3 is 15.0 Å². The van der Waals surface area contributed by atoms with Crippen molar-refractivity contribution in [2.45, 2.75) is 45.8 Å². The van der Waals surface area contributed by atoms with E-state index in [4.69, 9.17) is 4.74 Å². The van der Waals surface area contributed by atoms with Crippen molar-refractivity contribution >= 4 is 11.8 Å². The van der Waals surface area contributed by atoms with Crippen LogP contribution in [0, 0.1) is 5.92 Å². The number of morpholine rings is 1. The van der Waals surface area contributed by atoms with Crippen molar-refractivity contribution in [3.8, 4) is 11.1 Å². The van der Waals surface area contributed by atoms with Crippen LogP contribution >= 0.6 is 0 Å². The molecule has 2 aromatic carbocycles. The van der Waals surface area contributed by atoms with E-state index in [1.807, 2.05) is 58.0 Å². The maximum Gasteiger partial charge on any atom is 0.254 e. The Bertz CT molecular complexity index is 879. The van der Waals surface area contributed by atoms with Gasteiger partial charge in [-0.2, -0.15) is 0 Å². The summed E-state index contributed by atoms with van der Waals surface area (Å²) in [5.41, 5.74) is 2.14. The molecular formula is C25H32N2O3. The van der Waals surface area contributed by atoms with Gasteiger partial charge >= 0.3 is 0 Å². The number of benzene rings is 2. The second-order valence-corrected chi connectivity index (χ2v) is 8.63. The van der Waals surface area contributed by atoms with Gasteiger partial charge in [0.25, 0.3) is 5.91 Å². The zero-order valence-electron chi connectivity index (χ0n) is 18.4. The minimum Gasteiger partial charge on any atom is -0.361 e. The first-order valence-corrected chi connectivity index (χ1v) is 10.7. The first kappa shape index (κ1) is 22.0. The van der Waals surface area contributed by atoms with E-state index in [1.54, 1.807) is 4.90 Å². The van der Waals surface area contributed by atoms with Gasteiger partial charge in [0.2, 0.25) is 5.91 Å². The fourth-order valence-electron chi connectivity index (χ4n) is 3.88. The molecule has 1 saturated heterocycles. The number of nitrogens with zero attached hydrogens (tertiary/aromatic N) is 1. The normalized spacial score (nSPS) is 19.2. The Balaban J connectivity index is 1.92. The Kier molecular flexibility index (Phi) is 6.93. The molecule has 160 valence electrons. The highest BCUT2D eigenvalue weighted by Crippen LogP contribution is 2.28. The Morgan fingerprint density at radius 2 is 1.73 bits per heavy atom. The Labute approximate surface area is 179 Å². The minimum atomic E-state index is -1.09. The molecule has 0 saturated carbocycles. The number of nitrogens with one attached hydrogen (secondary N) is 1. The van der Waals surface area contributed by atoms with E-state index in [1.165, 1.54) is 0 Å². The molecule has 0 bridgehead atoms. The van der Waals surface area contributed by atoms with Gasteiger partial charge in [-0.3, -0.25) is 9.59 Å². The van der Waals surface area contributed by atoms with E-state index in [-0.39, 0.29) is 30.3 Å². The molecule has 3 rings (SSSR count). The fraction of sp³-hybridized carbons (Fsp3) is 0.440. The number of amides is 2. The van der Waals surface area contributed by atoms with Crippen molar-refractivity contribution in [2.75, 3.05) is 19.7 Å². The number of hydrogen-bond donors (Lipinski definition) is 1. The van der Waals surface area contributed by atoms with Crippen molar-refractivity contribution in [3.63, 3.8) is 0 Å². The third-order valence-corrected chi connectivity index (χ3v) is 5.35. The second kappa shape index (κ2) is 9.43. The molecule has 0 spiro atoms. The quantitative estimate of drug-likeness (QED) is 0.793. The highest BCUT2D eigenvalue weighted by molar-refractivity contribution is 5.88. The van der Waals surface area contributed by atoms with E-state index >= 15 is 0 Å². The van der Waals surface area contributed by atoms with Crippen LogP contribution in [0.5, 0.6) is 0 Å². The molecule has 1 heterocycles. The van der Waals surface area contributed by atoms with Crippen molar-refractivity contribution in [1.29, 1.82) is 0 Å². The molecule has 1 N–H and O–H groups in total. The van der Waals surface area contributed by atoms with Crippen molar-refractivity contribution in [3.05, 3.63) is 60.2 Å². The molecule has 1 aliphatic rings. The van der Waals surface area contributed by atoms with Crippen molar-refractivity contribution in [2.24, 2.45) is 5.92 Å². The van der Waals surface area contributed by atoms with Crippen LogP contribution in [0.3, 0.4) is 0 Å². The minimum absolute atomic E-state index is 0.00944. The number of hydrogen-bond acceptors (Lipinski definition) is 3. The Hall–Kier alpha value is -2.66. The summed E-state index contributed by atoms with van der Waals surface area (Å²) in [5, 5.41) is 3.01. The number of rotatable bonds is 6. The lowest BCUT2D eigenvalue weighted by Gasteiger charge is -2.42. The zero-order valence-corrected chi connectivity index (χ0v) is 18.4. The van der Waals surface area contributed by atoms with Gasteiger partial charge in [0.05, 0.1) is 13.2 Å². The molecule has 2 amide bonds. The van der Waals surface area contributed by atoms with Crippen LogP contribution in [-0.4, -0.2) is 48.1 Å². The van der Waals surface area contributed by atoms with Crippen molar-refractivity contribution < 1.29 is 14.3 Å². The number of carbonyl (C=O) groups excluding carboxylic acids is 2. The van der Waals surface area contributed by atoms with Gasteiger partial charge in [-0.25, -0.2) is 0 Å². The fourth-order valence-corrected chi connectivity index (χ4v) is 3.88. The highest BCUT2D eigenvalue weighted by atomic mass is 16.5. The molecule has 5 nitrogen and oxygen atoms in total. The van der Waals surface area contributed by atoms with E-state index in [2.05, 4.69) is 29.6 Å². The number of carbonyl (C=O) groups is 2. The summed E-state index contributed by atoms with van der Waals surface area (Å²) < 4.78 is 6.13. The number of ether oxygens (including phenoxy) is 1. The van der Waals surface area contributed by atoms with Crippen LogP contribution in [0.15, 0.2) is 54.6 Å². The third kappa shape index (κ3) is 5.08. The van der Waals surface area contributed by atoms with Gasteiger partial charge in [0, 0.05) is 24.9 Å². The molecule has 0 aliphatic carbocycles. The molecular weight excluding hydrogens is 376 g/mol. The Morgan fingerprint density at radius 1 is 1.03 bits per heavy atom. The van der Waals surface area contributed by atoms with Gasteiger partial charge in [0.15, 0.2) is 5.60 Å². The summed E-state index contributed by atoms with van der Waals surface area (Å²) in [6.45, 7) is 8.76. The smallest absolute Gasteiger partial charge is 0.254 e. The van der Waals surface area contributed by atoms with E-state index in [9.17, 15) is 9.59 Å². The van der Waals surface area contributed by atoms with Gasteiger partial charge in [0.1, 0.15) is 0 Å². The monoisotopic (exact) mass is 408 g/mol. The summed E-state index contributed by atoms with van der Waals surface area (Å²) in [6.07, 6.45) is 0.411. The van der Waals surface area contributed by atoms with Gasteiger partial charge in [-0.05, 0) is 30.5 Å². The lowest BCUT2D eigenvalue weighted by Crippen LogP contribution is -2.63. The summed E-state index contributed by atoms with van der Waals surface area (Å²) in [4.78, 5) is 27.7. The lowest BCUT2D eigenvalue weighted by molar-refractivity contribution is -0.167. The molecule has 5 heteroatoms. The zero-order chi connectivity index (χ0) is 21.7. The first-order valence-electron chi connectivity index (χ1n) is 10.7. The third-order valence-electron chi connectivity index (χ3n) is 5.35. The van der Waals surface area contributed by atoms with Crippen LogP contribution in [0.4, 0.5) is 0 Å². The van der Waals surface area contributed by atoms with E-state index in [0.29, 0.717) is 19.6 Å². The van der Waals surface area contributed by atoms with Crippen molar-refractivity contribution in [1.82, 2.24) is 10.2 Å². The molecule has 1 fully saturated rings. The molecule has 0 aromatic heterocycles. The van der Waals surface area contributed by atoms with Crippen LogP contribution in [0.1, 0.15) is 33.3 Å². The molecule has 1 aliphatic heterocycles. The SMILES string of the molecule is CC(C)NC(=O)[C@]1(Cc2cccc(-c3ccccc3)c2)CN(C(=O)C(C)C)CCO1. The Morgan fingerprint density at radius 3 is 2.40 bits per heavy atom. The lowest BCUT2D eigenvalue weighted by atomic mass is 9.89. The highest BCUT2D eigenvalue weighted by Gasteiger charge is 2.45. The van der Waals surface area contributed by atoms with Crippen LogP contribution in [-0.2, 0) is 20.7 Å². The molecule has 2 aromatic rings. The molecule has 1 atom stereocenters. The maximum absolute atomic E-state index is 13.3. The average molecular weight is 409 g/mol. The van der Waals surface area contributed by atoms with Crippen LogP contribution in [0.25, 0.3) is 11.1 Å². The second-order valence-electron chi connectivity index (χ2n) is 8.63. The summed E-state index contributed by atoms with van der Waals surface area (Å²) in [7, 11) is 0. The predicted octanol–water partition coefficient (Wildman–Crippen LogP) is 3.67. The van der Waals surface area contributed by atoms with Gasteiger partial charge in [-0.1, -0.05) is 68.4 Å². The summed E-state index contributed by atoms with van der Waals surface area (Å²) in [5.74, 6) is -0.225. The molecule has 30 heavy (non-hydrogen) atoms. The predicted molar refractivity (Wildman–Crippen MR) is 119 cm³/mol. The molecule has 0 unspecified atom stereocenters. The molecule has 0 radical (unpaired) electrons. The first-order chi connectivity index (χ1) is 14.3. The van der Waals surface area contributed by atoms with Crippen LogP contribution < -0.4 is 5.32 Å². The summed E-state index contributed by atoms with van der Waals surface area (Å²) >= 11 is 0. The van der Waals surface area contributed by atoms with Crippen LogP contribution in [0.2, 0.25) is 0 Å². The summed E-state index contributed by atoms with van der Waals surface area (Å²) in [6, 6.07) is 18.3. The maximum atomic E-state index is 13.3. The van der Waals surface area contributed by atoms with E-state index < -0.39 is 5.60 Å². The van der Waals surface area contributed by atoms with E-state index in [0.717, 1.165) is 16.7 Å². The standard InChI is InChI=1S/C25H32N2O3/c1-18(2)23(28)27-13-14-30-25(17-27,24(29)26-19(3)4)16-20-9-8-12-22(15-20)21-10-6-5-7-11-21/h5-12,15,18-19H,13-14,16-17H2,1-4H3,(H,26,29)/t25-/m0/s1. The van der Waals surface area contributed by atoms with Gasteiger partial charge in [-0.15, -0.1) is 0 Å². The topological polar surface area (TPSA) is 58.6 Å². The largest absolute Gasteiger partial charge is 0.361 e. The average Bonchev–Trinajstić information content (AvgIpc) is 2.73.